The molecule has 0 bridgehead atoms. The van der Waals surface area contributed by atoms with Crippen LogP contribution in [0.2, 0.25) is 0 Å². The molecule has 120 valence electrons. The van der Waals surface area contributed by atoms with Crippen LogP contribution in [0.5, 0.6) is 0 Å². The SMILES string of the molecule is CC(C)CCN(C)c1cc(CNC(C)C)cc(C(C)C)n1. The highest BCUT2D eigenvalue weighted by Gasteiger charge is 2.10. The Balaban J connectivity index is 2.90. The molecule has 1 rings (SSSR count). The summed E-state index contributed by atoms with van der Waals surface area (Å²) >= 11 is 0. The molecule has 0 atom stereocenters. The first kappa shape index (κ1) is 18.0. The Labute approximate surface area is 131 Å². The van der Waals surface area contributed by atoms with E-state index in [1.807, 2.05) is 0 Å². The lowest BCUT2D eigenvalue weighted by Gasteiger charge is -2.22. The lowest BCUT2D eigenvalue weighted by atomic mass is 10.1. The first-order valence-corrected chi connectivity index (χ1v) is 8.25. The monoisotopic (exact) mass is 291 g/mol. The molecular formula is C18H33N3. The van der Waals surface area contributed by atoms with Crippen LogP contribution >= 0.6 is 0 Å². The number of anilines is 1. The zero-order valence-corrected chi connectivity index (χ0v) is 14.9. The van der Waals surface area contributed by atoms with Crippen LogP contribution in [0, 0.1) is 5.92 Å². The number of rotatable bonds is 8. The zero-order valence-electron chi connectivity index (χ0n) is 14.9. The molecule has 3 heteroatoms. The molecule has 0 amide bonds. The van der Waals surface area contributed by atoms with Crippen molar-refractivity contribution in [2.24, 2.45) is 5.92 Å². The molecule has 0 aliphatic rings. The largest absolute Gasteiger partial charge is 0.360 e. The molecule has 0 aromatic carbocycles. The average molecular weight is 291 g/mol. The Morgan fingerprint density at radius 2 is 1.76 bits per heavy atom. The summed E-state index contributed by atoms with van der Waals surface area (Å²) in [5, 5.41) is 3.50. The zero-order chi connectivity index (χ0) is 16.0. The van der Waals surface area contributed by atoms with Gasteiger partial charge in [-0.1, -0.05) is 41.5 Å². The number of hydrogen-bond donors (Lipinski definition) is 1. The molecule has 0 saturated heterocycles. The van der Waals surface area contributed by atoms with Crippen molar-refractivity contribution >= 4 is 5.82 Å². The highest BCUT2D eigenvalue weighted by Crippen LogP contribution is 2.20. The van der Waals surface area contributed by atoms with Gasteiger partial charge in [0.2, 0.25) is 0 Å². The number of aromatic nitrogens is 1. The molecule has 21 heavy (non-hydrogen) atoms. The highest BCUT2D eigenvalue weighted by molar-refractivity contribution is 5.42. The maximum absolute atomic E-state index is 4.84. The summed E-state index contributed by atoms with van der Waals surface area (Å²) < 4.78 is 0. The molecule has 1 aromatic heterocycles. The highest BCUT2D eigenvalue weighted by atomic mass is 15.2. The molecule has 0 aliphatic carbocycles. The van der Waals surface area contributed by atoms with E-state index >= 15 is 0 Å². The van der Waals surface area contributed by atoms with Gasteiger partial charge in [0, 0.05) is 31.9 Å². The minimum Gasteiger partial charge on any atom is -0.360 e. The van der Waals surface area contributed by atoms with E-state index in [-0.39, 0.29) is 0 Å². The first-order valence-electron chi connectivity index (χ1n) is 8.25. The van der Waals surface area contributed by atoms with E-state index in [9.17, 15) is 0 Å². The lowest BCUT2D eigenvalue weighted by molar-refractivity contribution is 0.580. The third kappa shape index (κ3) is 6.47. The van der Waals surface area contributed by atoms with Gasteiger partial charge < -0.3 is 10.2 Å². The Kier molecular flexibility index (Phi) is 7.16. The Morgan fingerprint density at radius 3 is 2.29 bits per heavy atom. The predicted molar refractivity (Wildman–Crippen MR) is 93.0 cm³/mol. The number of hydrogen-bond acceptors (Lipinski definition) is 3. The fourth-order valence-corrected chi connectivity index (χ4v) is 2.08. The fraction of sp³-hybridized carbons (Fsp3) is 0.722. The van der Waals surface area contributed by atoms with E-state index in [0.717, 1.165) is 24.8 Å². The van der Waals surface area contributed by atoms with Gasteiger partial charge >= 0.3 is 0 Å². The van der Waals surface area contributed by atoms with Gasteiger partial charge in [-0.3, -0.25) is 0 Å². The van der Waals surface area contributed by atoms with Crippen molar-refractivity contribution in [3.05, 3.63) is 23.4 Å². The van der Waals surface area contributed by atoms with Crippen molar-refractivity contribution in [3.63, 3.8) is 0 Å². The molecule has 3 nitrogen and oxygen atoms in total. The van der Waals surface area contributed by atoms with Crippen LogP contribution < -0.4 is 10.2 Å². The van der Waals surface area contributed by atoms with E-state index in [1.54, 1.807) is 0 Å². The topological polar surface area (TPSA) is 28.2 Å². The van der Waals surface area contributed by atoms with Crippen molar-refractivity contribution in [1.82, 2.24) is 10.3 Å². The van der Waals surface area contributed by atoms with Crippen molar-refractivity contribution < 1.29 is 0 Å². The lowest BCUT2D eigenvalue weighted by Crippen LogP contribution is -2.24. The molecule has 0 spiro atoms. The Bertz CT molecular complexity index is 424. The van der Waals surface area contributed by atoms with Crippen LogP contribution in [-0.2, 0) is 6.54 Å². The average Bonchev–Trinajstić information content (AvgIpc) is 2.42. The van der Waals surface area contributed by atoms with Crippen LogP contribution in [-0.4, -0.2) is 24.6 Å². The third-order valence-electron chi connectivity index (χ3n) is 3.63. The standard InChI is InChI=1S/C18H33N3/c1-13(2)8-9-21(7)18-11-16(12-19-15(5)6)10-17(20-18)14(3)4/h10-11,13-15,19H,8-9,12H2,1-7H3. The summed E-state index contributed by atoms with van der Waals surface area (Å²) in [4.78, 5) is 7.12. The summed E-state index contributed by atoms with van der Waals surface area (Å²) in [7, 11) is 2.15. The minimum atomic E-state index is 0.459. The summed E-state index contributed by atoms with van der Waals surface area (Å²) in [5.74, 6) is 2.28. The molecule has 1 aromatic rings. The first-order chi connectivity index (χ1) is 9.79. The van der Waals surface area contributed by atoms with Crippen LogP contribution in [0.25, 0.3) is 0 Å². The van der Waals surface area contributed by atoms with Gasteiger partial charge in [0.25, 0.3) is 0 Å². The summed E-state index contributed by atoms with van der Waals surface area (Å²) in [6.07, 6.45) is 1.20. The fourth-order valence-electron chi connectivity index (χ4n) is 2.08. The van der Waals surface area contributed by atoms with Gasteiger partial charge in [0.05, 0.1) is 0 Å². The summed E-state index contributed by atoms with van der Waals surface area (Å²) in [5.41, 5.74) is 2.51. The molecule has 0 radical (unpaired) electrons. The van der Waals surface area contributed by atoms with Gasteiger partial charge in [0.15, 0.2) is 0 Å². The molecule has 0 unspecified atom stereocenters. The second-order valence-corrected chi connectivity index (χ2v) is 7.05. The van der Waals surface area contributed by atoms with E-state index in [4.69, 9.17) is 4.98 Å². The van der Waals surface area contributed by atoms with Gasteiger partial charge in [-0.25, -0.2) is 4.98 Å². The predicted octanol–water partition coefficient (Wildman–Crippen LogP) is 4.19. The second kappa shape index (κ2) is 8.38. The van der Waals surface area contributed by atoms with Crippen LogP contribution in [0.3, 0.4) is 0 Å². The molecule has 0 aliphatic heterocycles. The van der Waals surface area contributed by atoms with E-state index in [2.05, 4.69) is 70.9 Å². The van der Waals surface area contributed by atoms with Gasteiger partial charge in [-0.15, -0.1) is 0 Å². The van der Waals surface area contributed by atoms with Gasteiger partial charge in [0.1, 0.15) is 5.82 Å². The van der Waals surface area contributed by atoms with Crippen molar-refractivity contribution in [3.8, 4) is 0 Å². The Hall–Kier alpha value is -1.09. The molecule has 0 saturated carbocycles. The van der Waals surface area contributed by atoms with E-state index < -0.39 is 0 Å². The van der Waals surface area contributed by atoms with Gasteiger partial charge in [-0.05, 0) is 36.0 Å². The van der Waals surface area contributed by atoms with Crippen molar-refractivity contribution in [1.29, 1.82) is 0 Å². The Morgan fingerprint density at radius 1 is 1.10 bits per heavy atom. The normalized spacial score (nSPS) is 11.7. The van der Waals surface area contributed by atoms with Crippen LogP contribution in [0.15, 0.2) is 12.1 Å². The second-order valence-electron chi connectivity index (χ2n) is 7.05. The number of nitrogens with one attached hydrogen (secondary N) is 1. The van der Waals surface area contributed by atoms with Crippen molar-refractivity contribution in [2.45, 2.75) is 66.5 Å². The van der Waals surface area contributed by atoms with E-state index in [1.165, 1.54) is 17.7 Å². The smallest absolute Gasteiger partial charge is 0.128 e. The maximum atomic E-state index is 4.84. The summed E-state index contributed by atoms with van der Waals surface area (Å²) in [6.45, 7) is 15.3. The maximum Gasteiger partial charge on any atom is 0.128 e. The quantitative estimate of drug-likeness (QED) is 0.778. The van der Waals surface area contributed by atoms with Crippen molar-refractivity contribution in [2.75, 3.05) is 18.5 Å². The molecule has 1 N–H and O–H groups in total. The molecule has 1 heterocycles. The number of pyridine rings is 1. The van der Waals surface area contributed by atoms with Crippen LogP contribution in [0.4, 0.5) is 5.82 Å². The molecular weight excluding hydrogens is 258 g/mol. The van der Waals surface area contributed by atoms with E-state index in [0.29, 0.717) is 12.0 Å². The van der Waals surface area contributed by atoms with Gasteiger partial charge in [-0.2, -0.15) is 0 Å². The third-order valence-corrected chi connectivity index (χ3v) is 3.63. The number of nitrogens with zero attached hydrogens (tertiary/aromatic N) is 2. The van der Waals surface area contributed by atoms with Crippen LogP contribution in [0.1, 0.15) is 65.1 Å². The molecule has 0 fully saturated rings. The minimum absolute atomic E-state index is 0.459. The summed E-state index contributed by atoms with van der Waals surface area (Å²) in [6, 6.07) is 4.96.